The average molecular weight is 374 g/mol. The summed E-state index contributed by atoms with van der Waals surface area (Å²) >= 11 is 0. The second-order valence-electron chi connectivity index (χ2n) is 7.52. The second-order valence-corrected chi connectivity index (χ2v) is 7.52. The number of nitriles is 1. The van der Waals surface area contributed by atoms with E-state index in [1.165, 1.54) is 16.7 Å². The van der Waals surface area contributed by atoms with Crippen molar-refractivity contribution in [3.8, 4) is 6.07 Å². The summed E-state index contributed by atoms with van der Waals surface area (Å²) in [7, 11) is 12.2. The molecule has 0 saturated heterocycles. The van der Waals surface area contributed by atoms with E-state index in [1.807, 2.05) is 18.2 Å². The molecule has 0 aliphatic heterocycles. The zero-order chi connectivity index (χ0) is 20.4. The zero-order valence-corrected chi connectivity index (χ0v) is 16.4. The number of aromatic nitrogens is 2. The lowest BCUT2D eigenvalue weighted by molar-refractivity contribution is 0.755. The maximum absolute atomic E-state index is 9.13. The van der Waals surface area contributed by atoms with E-state index >= 15 is 0 Å². The van der Waals surface area contributed by atoms with Crippen LogP contribution in [0.5, 0.6) is 0 Å². The molecule has 2 unspecified atom stereocenters. The van der Waals surface area contributed by atoms with Crippen LogP contribution in [0.3, 0.4) is 0 Å². The number of aryl methyl sites for hydroxylation is 1. The molecule has 0 spiro atoms. The van der Waals surface area contributed by atoms with Gasteiger partial charge in [0.05, 0.1) is 25.0 Å². The normalized spacial score (nSPS) is 18.0. The quantitative estimate of drug-likeness (QED) is 0.539. The third-order valence-corrected chi connectivity index (χ3v) is 5.59. The molecule has 1 aromatic heterocycles. The number of anilines is 1. The molecule has 6 heteroatoms. The number of rotatable bonds is 5. The number of nitrogens with zero attached hydrogens (tertiary/aromatic N) is 3. The van der Waals surface area contributed by atoms with E-state index in [9.17, 15) is 0 Å². The van der Waals surface area contributed by atoms with Crippen LogP contribution in [0.1, 0.15) is 41.5 Å². The first-order chi connectivity index (χ1) is 14.1. The molecule has 1 N–H and O–H groups in total. The molecular weight excluding hydrogens is 354 g/mol. The van der Waals surface area contributed by atoms with Gasteiger partial charge in [-0.1, -0.05) is 37.0 Å². The maximum Gasteiger partial charge on any atom is 0.137 e. The predicted molar refractivity (Wildman–Crippen MR) is 119 cm³/mol. The minimum atomic E-state index is -0.122. The van der Waals surface area contributed by atoms with Crippen molar-refractivity contribution in [3.63, 3.8) is 0 Å². The van der Waals surface area contributed by atoms with Gasteiger partial charge < -0.3 is 5.32 Å². The van der Waals surface area contributed by atoms with Crippen LogP contribution in [0, 0.1) is 11.3 Å². The fourth-order valence-corrected chi connectivity index (χ4v) is 3.83. The summed E-state index contributed by atoms with van der Waals surface area (Å²) in [6, 6.07) is 14.2. The SMILES string of the molecule is [B]C1=Cc2ccc(CCCNc3ncnc4ccc(C#N)cc34)cc2C(C)C1[B]. The van der Waals surface area contributed by atoms with Crippen molar-refractivity contribution in [2.75, 3.05) is 11.9 Å². The summed E-state index contributed by atoms with van der Waals surface area (Å²) in [5, 5.41) is 13.4. The topological polar surface area (TPSA) is 61.6 Å². The molecule has 3 aromatic rings. The molecule has 138 valence electrons. The Hall–Kier alpha value is -3.06. The maximum atomic E-state index is 9.13. The third kappa shape index (κ3) is 3.91. The summed E-state index contributed by atoms with van der Waals surface area (Å²) in [6.07, 6.45) is 5.44. The number of hydrogen-bond acceptors (Lipinski definition) is 4. The standard InChI is InChI=1S/C23H20B2N4/c1-14-18-9-15(4-6-17(18)11-20(24)22(14)25)3-2-8-27-23-19-10-16(12-26)5-7-21(19)28-13-29-23/h4-7,9-11,13-14,22H,2-3,8H2,1H3,(H,27,28,29). The Morgan fingerprint density at radius 2 is 2.03 bits per heavy atom. The van der Waals surface area contributed by atoms with Crippen LogP contribution >= 0.6 is 0 Å². The fraction of sp³-hybridized carbons (Fsp3) is 0.261. The summed E-state index contributed by atoms with van der Waals surface area (Å²) in [6.45, 7) is 2.91. The van der Waals surface area contributed by atoms with E-state index < -0.39 is 0 Å². The number of benzene rings is 2. The van der Waals surface area contributed by atoms with Gasteiger partial charge in [-0.2, -0.15) is 5.26 Å². The van der Waals surface area contributed by atoms with Gasteiger partial charge in [-0.05, 0) is 53.6 Å². The molecule has 0 saturated carbocycles. The molecule has 4 radical (unpaired) electrons. The van der Waals surface area contributed by atoms with Gasteiger partial charge in [0.2, 0.25) is 0 Å². The lowest BCUT2D eigenvalue weighted by atomic mass is 9.60. The van der Waals surface area contributed by atoms with E-state index in [4.69, 9.17) is 21.0 Å². The molecule has 2 atom stereocenters. The Kier molecular flexibility index (Phi) is 5.40. The van der Waals surface area contributed by atoms with Gasteiger partial charge in [0.1, 0.15) is 20.0 Å². The summed E-state index contributed by atoms with van der Waals surface area (Å²) in [5.74, 6) is 0.858. The third-order valence-electron chi connectivity index (χ3n) is 5.59. The Morgan fingerprint density at radius 3 is 2.86 bits per heavy atom. The first-order valence-corrected chi connectivity index (χ1v) is 9.81. The van der Waals surface area contributed by atoms with Crippen LogP contribution in [0.15, 0.2) is 48.2 Å². The molecule has 1 aliphatic carbocycles. The summed E-state index contributed by atoms with van der Waals surface area (Å²) in [4.78, 5) is 8.61. The number of nitrogens with one attached hydrogen (secondary N) is 1. The monoisotopic (exact) mass is 374 g/mol. The number of fused-ring (bicyclic) bond motifs is 2. The molecular formula is C23H20B2N4. The van der Waals surface area contributed by atoms with Crippen molar-refractivity contribution < 1.29 is 0 Å². The lowest BCUT2D eigenvalue weighted by Crippen LogP contribution is -2.13. The van der Waals surface area contributed by atoms with Crippen molar-refractivity contribution in [1.82, 2.24) is 9.97 Å². The highest BCUT2D eigenvalue weighted by atomic mass is 15.0. The minimum absolute atomic E-state index is 0.122. The van der Waals surface area contributed by atoms with Gasteiger partial charge in [0.15, 0.2) is 0 Å². The van der Waals surface area contributed by atoms with Gasteiger partial charge >= 0.3 is 0 Å². The minimum Gasteiger partial charge on any atom is -0.369 e. The Bertz CT molecular complexity index is 1130. The van der Waals surface area contributed by atoms with E-state index in [-0.39, 0.29) is 11.7 Å². The molecule has 4 rings (SSSR count). The molecule has 4 nitrogen and oxygen atoms in total. The van der Waals surface area contributed by atoms with E-state index in [0.717, 1.165) is 41.6 Å². The summed E-state index contributed by atoms with van der Waals surface area (Å²) in [5.41, 5.74) is 5.90. The summed E-state index contributed by atoms with van der Waals surface area (Å²) < 4.78 is 0. The van der Waals surface area contributed by atoms with Gasteiger partial charge in [-0.3, -0.25) is 0 Å². The van der Waals surface area contributed by atoms with Crippen LogP contribution < -0.4 is 5.32 Å². The van der Waals surface area contributed by atoms with Crippen molar-refractivity contribution in [1.29, 1.82) is 5.26 Å². The van der Waals surface area contributed by atoms with E-state index in [1.54, 1.807) is 12.4 Å². The smallest absolute Gasteiger partial charge is 0.137 e. The van der Waals surface area contributed by atoms with Crippen LogP contribution in [-0.4, -0.2) is 32.2 Å². The Morgan fingerprint density at radius 1 is 1.17 bits per heavy atom. The van der Waals surface area contributed by atoms with Crippen molar-refractivity contribution in [3.05, 3.63) is 70.5 Å². The second kappa shape index (κ2) is 8.13. The van der Waals surface area contributed by atoms with Crippen molar-refractivity contribution in [2.24, 2.45) is 0 Å². The molecule has 2 aromatic carbocycles. The number of allylic oxidation sites excluding steroid dienone is 1. The fourth-order valence-electron chi connectivity index (χ4n) is 3.83. The average Bonchev–Trinajstić information content (AvgIpc) is 2.75. The largest absolute Gasteiger partial charge is 0.369 e. The highest BCUT2D eigenvalue weighted by Crippen LogP contribution is 2.39. The van der Waals surface area contributed by atoms with Crippen molar-refractivity contribution in [2.45, 2.75) is 31.5 Å². The van der Waals surface area contributed by atoms with Gasteiger partial charge in [-0.15, -0.1) is 5.47 Å². The predicted octanol–water partition coefficient (Wildman–Crippen LogP) is 4.13. The Balaban J connectivity index is 1.42. The highest BCUT2D eigenvalue weighted by Gasteiger charge is 2.22. The molecule has 1 heterocycles. The molecule has 0 bridgehead atoms. The highest BCUT2D eigenvalue weighted by molar-refractivity contribution is 6.32. The van der Waals surface area contributed by atoms with Gasteiger partial charge in [0.25, 0.3) is 0 Å². The lowest BCUT2D eigenvalue weighted by Gasteiger charge is -2.29. The van der Waals surface area contributed by atoms with Gasteiger partial charge in [-0.25, -0.2) is 9.97 Å². The molecule has 1 aliphatic rings. The Labute approximate surface area is 173 Å². The van der Waals surface area contributed by atoms with Gasteiger partial charge in [0, 0.05) is 11.9 Å². The van der Waals surface area contributed by atoms with Crippen LogP contribution in [-0.2, 0) is 6.42 Å². The first-order valence-electron chi connectivity index (χ1n) is 9.81. The van der Waals surface area contributed by atoms with Crippen LogP contribution in [0.2, 0.25) is 5.82 Å². The van der Waals surface area contributed by atoms with Crippen LogP contribution in [0.4, 0.5) is 5.82 Å². The zero-order valence-electron chi connectivity index (χ0n) is 16.4. The van der Waals surface area contributed by atoms with Crippen molar-refractivity contribution >= 4 is 38.5 Å². The molecule has 0 fully saturated rings. The van der Waals surface area contributed by atoms with E-state index in [0.29, 0.717) is 5.56 Å². The molecule has 29 heavy (non-hydrogen) atoms. The first kappa shape index (κ1) is 19.3. The van der Waals surface area contributed by atoms with E-state index in [2.05, 4.69) is 46.5 Å². The van der Waals surface area contributed by atoms with Crippen LogP contribution in [0.25, 0.3) is 17.0 Å². The number of hydrogen-bond donors (Lipinski definition) is 1. The molecule has 0 amide bonds.